The monoisotopic (exact) mass is 396 g/mol. The summed E-state index contributed by atoms with van der Waals surface area (Å²) in [6.45, 7) is 4.91. The lowest BCUT2D eigenvalue weighted by Gasteiger charge is -2.31. The summed E-state index contributed by atoms with van der Waals surface area (Å²) < 4.78 is 8.28. The van der Waals surface area contributed by atoms with Gasteiger partial charge in [0.2, 0.25) is 0 Å². The highest BCUT2D eigenvalue weighted by Gasteiger charge is 2.31. The average Bonchev–Trinajstić information content (AvgIpc) is 3.05. The van der Waals surface area contributed by atoms with E-state index in [9.17, 15) is 14.4 Å². The lowest BCUT2D eigenvalue weighted by atomic mass is 9.98. The Hall–Kier alpha value is -3.16. The molecule has 8 nitrogen and oxygen atoms in total. The summed E-state index contributed by atoms with van der Waals surface area (Å²) in [7, 11) is 1.74. The third-order valence-electron chi connectivity index (χ3n) is 5.49. The molecular formula is C21H24N4O4. The largest absolute Gasteiger partial charge is 0.466 e. The van der Waals surface area contributed by atoms with E-state index in [1.807, 2.05) is 13.0 Å². The molecule has 1 aliphatic rings. The molecule has 1 amide bonds. The molecule has 1 atom stereocenters. The number of aromatic nitrogens is 3. The first kappa shape index (κ1) is 19.2. The number of rotatable bonds is 3. The third-order valence-corrected chi connectivity index (χ3v) is 5.49. The molecule has 4 rings (SSSR count). The van der Waals surface area contributed by atoms with Crippen LogP contribution in [0.3, 0.4) is 0 Å². The SMILES string of the molecule is CCOC(=O)C1CCCN(C(=O)c2cc3c(=O)n4cc(C)ccc4nc3n2C)C1. The molecule has 0 aliphatic carbocycles. The molecule has 1 unspecified atom stereocenters. The van der Waals surface area contributed by atoms with Crippen molar-refractivity contribution in [2.45, 2.75) is 26.7 Å². The number of fused-ring (bicyclic) bond motifs is 2. The Bertz CT molecular complexity index is 1180. The van der Waals surface area contributed by atoms with Gasteiger partial charge in [0.05, 0.1) is 17.9 Å². The molecule has 29 heavy (non-hydrogen) atoms. The summed E-state index contributed by atoms with van der Waals surface area (Å²) in [5.74, 6) is -0.774. The maximum Gasteiger partial charge on any atom is 0.310 e. The number of esters is 1. The Labute approximate surface area is 167 Å². The summed E-state index contributed by atoms with van der Waals surface area (Å²) in [6, 6.07) is 5.29. The number of carbonyl (C=O) groups is 2. The highest BCUT2D eigenvalue weighted by molar-refractivity contribution is 5.98. The van der Waals surface area contributed by atoms with E-state index in [0.717, 1.165) is 12.0 Å². The zero-order chi connectivity index (χ0) is 20.7. The van der Waals surface area contributed by atoms with E-state index in [2.05, 4.69) is 4.98 Å². The lowest BCUT2D eigenvalue weighted by Crippen LogP contribution is -2.43. The van der Waals surface area contributed by atoms with Crippen LogP contribution in [0.5, 0.6) is 0 Å². The lowest BCUT2D eigenvalue weighted by molar-refractivity contribution is -0.149. The third kappa shape index (κ3) is 3.28. The molecular weight excluding hydrogens is 372 g/mol. The molecule has 0 spiro atoms. The quantitative estimate of drug-likeness (QED) is 0.632. The topological polar surface area (TPSA) is 85.9 Å². The van der Waals surface area contributed by atoms with E-state index >= 15 is 0 Å². The zero-order valence-corrected chi connectivity index (χ0v) is 16.8. The Morgan fingerprint density at radius 2 is 2.10 bits per heavy atom. The maximum atomic E-state index is 13.2. The minimum absolute atomic E-state index is 0.202. The van der Waals surface area contributed by atoms with Crippen molar-refractivity contribution in [2.75, 3.05) is 19.7 Å². The highest BCUT2D eigenvalue weighted by Crippen LogP contribution is 2.22. The summed E-state index contributed by atoms with van der Waals surface area (Å²) in [6.07, 6.45) is 3.20. The van der Waals surface area contributed by atoms with Gasteiger partial charge in [0.15, 0.2) is 0 Å². The van der Waals surface area contributed by atoms with Gasteiger partial charge in [-0.1, -0.05) is 6.07 Å². The van der Waals surface area contributed by atoms with E-state index < -0.39 is 0 Å². The predicted molar refractivity (Wildman–Crippen MR) is 108 cm³/mol. The standard InChI is InChI=1S/C21H24N4O4/c1-4-29-21(28)14-6-5-9-24(12-14)20(27)16-10-15-18(23(16)3)22-17-8-7-13(2)11-25(17)19(15)26/h7-8,10-11,14H,4-6,9,12H2,1-3H3. The van der Waals surface area contributed by atoms with Crippen molar-refractivity contribution < 1.29 is 14.3 Å². The van der Waals surface area contributed by atoms with Gasteiger partial charge in [-0.15, -0.1) is 0 Å². The first-order valence-corrected chi connectivity index (χ1v) is 9.85. The molecule has 3 aromatic heterocycles. The summed E-state index contributed by atoms with van der Waals surface area (Å²) in [5, 5.41) is 0.401. The number of nitrogens with zero attached hydrogens (tertiary/aromatic N) is 4. The highest BCUT2D eigenvalue weighted by atomic mass is 16.5. The second kappa shape index (κ2) is 7.35. The van der Waals surface area contributed by atoms with Gasteiger partial charge >= 0.3 is 5.97 Å². The fraction of sp³-hybridized carbons (Fsp3) is 0.429. The van der Waals surface area contributed by atoms with Crippen molar-refractivity contribution in [3.05, 3.63) is 46.0 Å². The first-order chi connectivity index (χ1) is 13.9. The number of carbonyl (C=O) groups excluding carboxylic acids is 2. The van der Waals surface area contributed by atoms with Gasteiger partial charge in [0.1, 0.15) is 17.0 Å². The van der Waals surface area contributed by atoms with Gasteiger partial charge in [-0.25, -0.2) is 4.98 Å². The predicted octanol–water partition coefficient (Wildman–Crippen LogP) is 1.91. The van der Waals surface area contributed by atoms with Gasteiger partial charge in [0, 0.05) is 26.3 Å². The first-order valence-electron chi connectivity index (χ1n) is 9.85. The molecule has 4 heterocycles. The smallest absolute Gasteiger partial charge is 0.310 e. The number of pyridine rings is 1. The van der Waals surface area contributed by atoms with Crippen LogP contribution in [-0.2, 0) is 16.6 Å². The molecule has 1 fully saturated rings. The second-order valence-corrected chi connectivity index (χ2v) is 7.52. The number of piperidine rings is 1. The summed E-state index contributed by atoms with van der Waals surface area (Å²) in [4.78, 5) is 44.5. The number of hydrogen-bond acceptors (Lipinski definition) is 5. The van der Waals surface area contributed by atoms with Crippen LogP contribution >= 0.6 is 0 Å². The Morgan fingerprint density at radius 1 is 1.31 bits per heavy atom. The van der Waals surface area contributed by atoms with Gasteiger partial charge in [-0.05, 0) is 44.4 Å². The fourth-order valence-electron chi connectivity index (χ4n) is 3.96. The Kier molecular flexibility index (Phi) is 4.86. The molecule has 3 aromatic rings. The number of aryl methyl sites for hydroxylation is 2. The van der Waals surface area contributed by atoms with E-state index in [1.54, 1.807) is 41.8 Å². The number of hydrogen-bond donors (Lipinski definition) is 0. The van der Waals surface area contributed by atoms with E-state index in [0.29, 0.717) is 48.5 Å². The van der Waals surface area contributed by atoms with Crippen molar-refractivity contribution in [3.63, 3.8) is 0 Å². The minimum atomic E-state index is -0.309. The fourth-order valence-corrected chi connectivity index (χ4v) is 3.96. The van der Waals surface area contributed by atoms with Crippen LogP contribution in [0.25, 0.3) is 16.7 Å². The molecule has 0 aromatic carbocycles. The van der Waals surface area contributed by atoms with Gasteiger partial charge < -0.3 is 14.2 Å². The van der Waals surface area contributed by atoms with Crippen LogP contribution in [0, 0.1) is 12.8 Å². The zero-order valence-electron chi connectivity index (χ0n) is 16.8. The van der Waals surface area contributed by atoms with Crippen molar-refractivity contribution in [2.24, 2.45) is 13.0 Å². The van der Waals surface area contributed by atoms with Crippen LogP contribution < -0.4 is 5.56 Å². The second-order valence-electron chi connectivity index (χ2n) is 7.52. The van der Waals surface area contributed by atoms with Crippen LogP contribution in [0.15, 0.2) is 29.2 Å². The van der Waals surface area contributed by atoms with Gasteiger partial charge in [-0.3, -0.25) is 18.8 Å². The Morgan fingerprint density at radius 3 is 2.86 bits per heavy atom. The molecule has 0 N–H and O–H groups in total. The molecule has 0 bridgehead atoms. The molecule has 152 valence electrons. The van der Waals surface area contributed by atoms with Gasteiger partial charge in [-0.2, -0.15) is 0 Å². The van der Waals surface area contributed by atoms with Crippen molar-refractivity contribution in [3.8, 4) is 0 Å². The van der Waals surface area contributed by atoms with E-state index in [1.165, 1.54) is 4.40 Å². The van der Waals surface area contributed by atoms with E-state index in [-0.39, 0.29) is 23.4 Å². The normalized spacial score (nSPS) is 17.1. The molecule has 1 saturated heterocycles. The number of amides is 1. The van der Waals surface area contributed by atoms with Crippen molar-refractivity contribution in [1.82, 2.24) is 18.9 Å². The number of likely N-dealkylation sites (tertiary alicyclic amines) is 1. The average molecular weight is 396 g/mol. The molecule has 1 aliphatic heterocycles. The Balaban J connectivity index is 1.72. The van der Waals surface area contributed by atoms with Crippen LogP contribution in [0.2, 0.25) is 0 Å². The maximum absolute atomic E-state index is 13.2. The number of ether oxygens (including phenoxy) is 1. The van der Waals surface area contributed by atoms with Gasteiger partial charge in [0.25, 0.3) is 11.5 Å². The van der Waals surface area contributed by atoms with Crippen molar-refractivity contribution in [1.29, 1.82) is 0 Å². The summed E-state index contributed by atoms with van der Waals surface area (Å²) in [5.41, 5.74) is 2.15. The van der Waals surface area contributed by atoms with Crippen molar-refractivity contribution >= 4 is 28.6 Å². The molecule has 8 heteroatoms. The molecule has 0 saturated carbocycles. The molecule has 0 radical (unpaired) electrons. The van der Waals surface area contributed by atoms with E-state index in [4.69, 9.17) is 4.74 Å². The minimum Gasteiger partial charge on any atom is -0.466 e. The summed E-state index contributed by atoms with van der Waals surface area (Å²) >= 11 is 0. The van der Waals surface area contributed by atoms with Crippen LogP contribution in [0.1, 0.15) is 35.8 Å². The van der Waals surface area contributed by atoms with Crippen LogP contribution in [0.4, 0.5) is 0 Å². The van der Waals surface area contributed by atoms with Crippen LogP contribution in [-0.4, -0.2) is 50.4 Å².